The first-order valence-electron chi connectivity index (χ1n) is 6.52. The van der Waals surface area contributed by atoms with E-state index in [9.17, 15) is 22.8 Å². The van der Waals surface area contributed by atoms with Gasteiger partial charge in [0.25, 0.3) is 0 Å². The van der Waals surface area contributed by atoms with E-state index in [1.165, 1.54) is 19.2 Å². The summed E-state index contributed by atoms with van der Waals surface area (Å²) in [7, 11) is 1.45. The normalized spacial score (nSPS) is 21.7. The number of likely N-dealkylation sites (tertiary alicyclic amines) is 1. The molecular formula is C14H14F3NO4. The Morgan fingerprint density at radius 3 is 2.27 bits per heavy atom. The second kappa shape index (κ2) is 5.86. The van der Waals surface area contributed by atoms with E-state index in [1.54, 1.807) is 12.1 Å². The number of carboxylic acid groups (broad SMARTS) is 1. The highest BCUT2D eigenvalue weighted by Crippen LogP contribution is 2.39. The maximum absolute atomic E-state index is 12.7. The molecule has 0 unspecified atom stereocenters. The van der Waals surface area contributed by atoms with Crippen molar-refractivity contribution in [2.75, 3.05) is 7.11 Å². The fourth-order valence-electron chi connectivity index (χ4n) is 2.64. The molecule has 0 spiro atoms. The number of methoxy groups -OCH3 is 1. The number of amides is 1. The van der Waals surface area contributed by atoms with Crippen LogP contribution in [-0.2, 0) is 9.59 Å². The molecule has 1 aromatic carbocycles. The van der Waals surface area contributed by atoms with Crippen LogP contribution in [0.15, 0.2) is 24.3 Å². The Labute approximate surface area is 124 Å². The van der Waals surface area contributed by atoms with Gasteiger partial charge in [0, 0.05) is 0 Å². The number of carbonyl (C=O) groups excluding carboxylic acids is 1. The fraction of sp³-hybridized carbons (Fsp3) is 0.429. The number of hydrogen-bond acceptors (Lipinski definition) is 3. The summed E-state index contributed by atoms with van der Waals surface area (Å²) in [6.45, 7) is 0. The average Bonchev–Trinajstić information content (AvgIpc) is 2.90. The number of carboxylic acids is 1. The van der Waals surface area contributed by atoms with Gasteiger partial charge in [0.2, 0.25) is 0 Å². The molecule has 120 valence electrons. The SMILES string of the molecule is COc1ccc([C@@H]2CC[C@@H](C(=O)O)N2C(=O)C(F)(F)F)cc1. The van der Waals surface area contributed by atoms with Gasteiger partial charge >= 0.3 is 18.1 Å². The van der Waals surface area contributed by atoms with Crippen molar-refractivity contribution in [2.24, 2.45) is 0 Å². The second-order valence-corrected chi connectivity index (χ2v) is 4.93. The van der Waals surface area contributed by atoms with Crippen LogP contribution in [0.25, 0.3) is 0 Å². The summed E-state index contributed by atoms with van der Waals surface area (Å²) in [6.07, 6.45) is -4.97. The summed E-state index contributed by atoms with van der Waals surface area (Å²) in [4.78, 5) is 23.2. The Balaban J connectivity index is 2.36. The second-order valence-electron chi connectivity index (χ2n) is 4.93. The minimum atomic E-state index is -5.11. The van der Waals surface area contributed by atoms with E-state index in [4.69, 9.17) is 9.84 Å². The number of halogens is 3. The summed E-state index contributed by atoms with van der Waals surface area (Å²) in [5, 5.41) is 9.06. The Bertz CT molecular complexity index is 570. The van der Waals surface area contributed by atoms with Crippen LogP contribution in [0, 0.1) is 0 Å². The van der Waals surface area contributed by atoms with Gasteiger partial charge in [-0.1, -0.05) is 12.1 Å². The Kier molecular flexibility index (Phi) is 4.30. The van der Waals surface area contributed by atoms with Crippen molar-refractivity contribution in [1.82, 2.24) is 4.90 Å². The van der Waals surface area contributed by atoms with Gasteiger partial charge in [-0.2, -0.15) is 13.2 Å². The molecule has 1 N–H and O–H groups in total. The molecule has 1 saturated heterocycles. The number of nitrogens with zero attached hydrogens (tertiary/aromatic N) is 1. The number of rotatable bonds is 3. The molecule has 1 fully saturated rings. The molecule has 0 bridgehead atoms. The van der Waals surface area contributed by atoms with Gasteiger partial charge in [0.15, 0.2) is 0 Å². The smallest absolute Gasteiger partial charge is 0.471 e. The average molecular weight is 317 g/mol. The van der Waals surface area contributed by atoms with Crippen LogP contribution in [0.4, 0.5) is 13.2 Å². The molecule has 1 amide bonds. The van der Waals surface area contributed by atoms with Crippen LogP contribution in [0.1, 0.15) is 24.4 Å². The third-order valence-corrected chi connectivity index (χ3v) is 3.65. The van der Waals surface area contributed by atoms with Gasteiger partial charge in [-0.25, -0.2) is 4.79 Å². The lowest BCUT2D eigenvalue weighted by Gasteiger charge is -2.29. The van der Waals surface area contributed by atoms with Crippen molar-refractivity contribution in [3.05, 3.63) is 29.8 Å². The van der Waals surface area contributed by atoms with Gasteiger partial charge < -0.3 is 14.7 Å². The van der Waals surface area contributed by atoms with Gasteiger partial charge in [-0.3, -0.25) is 4.79 Å². The molecule has 0 radical (unpaired) electrons. The topological polar surface area (TPSA) is 66.8 Å². The maximum Gasteiger partial charge on any atom is 0.471 e. The van der Waals surface area contributed by atoms with Crippen LogP contribution in [0.5, 0.6) is 5.75 Å². The first-order chi connectivity index (χ1) is 10.3. The molecule has 1 aromatic rings. The van der Waals surface area contributed by atoms with Gasteiger partial charge in [-0.05, 0) is 30.5 Å². The van der Waals surface area contributed by atoms with Crippen molar-refractivity contribution in [1.29, 1.82) is 0 Å². The van der Waals surface area contributed by atoms with Crippen LogP contribution in [-0.4, -0.2) is 41.2 Å². The zero-order valence-electron chi connectivity index (χ0n) is 11.6. The molecule has 0 aliphatic carbocycles. The van der Waals surface area contributed by atoms with Crippen molar-refractivity contribution >= 4 is 11.9 Å². The summed E-state index contributed by atoms with van der Waals surface area (Å²) in [6, 6.07) is 3.79. The minimum absolute atomic E-state index is 0.0200. The van der Waals surface area contributed by atoms with Crippen LogP contribution >= 0.6 is 0 Å². The standard InChI is InChI=1S/C14H14F3NO4/c1-22-9-4-2-8(3-5-9)10-6-7-11(12(19)20)18(10)13(21)14(15,16)17/h2-5,10-11H,6-7H2,1H3,(H,19,20)/t10-,11-/m0/s1. The molecule has 0 saturated carbocycles. The third kappa shape index (κ3) is 3.00. The monoisotopic (exact) mass is 317 g/mol. The van der Waals surface area contributed by atoms with E-state index in [2.05, 4.69) is 0 Å². The number of hydrogen-bond donors (Lipinski definition) is 1. The molecule has 8 heteroatoms. The molecule has 1 heterocycles. The third-order valence-electron chi connectivity index (χ3n) is 3.65. The van der Waals surface area contributed by atoms with Gasteiger partial charge in [-0.15, -0.1) is 0 Å². The largest absolute Gasteiger partial charge is 0.497 e. The Morgan fingerprint density at radius 2 is 1.82 bits per heavy atom. The van der Waals surface area contributed by atoms with Crippen LogP contribution in [0.2, 0.25) is 0 Å². The molecule has 0 aromatic heterocycles. The number of alkyl halides is 3. The molecule has 1 aliphatic rings. The lowest BCUT2D eigenvalue weighted by atomic mass is 10.0. The predicted octanol–water partition coefficient (Wildman–Crippen LogP) is 2.37. The Hall–Kier alpha value is -2.25. The summed E-state index contributed by atoms with van der Waals surface area (Å²) < 4.78 is 43.2. The fourth-order valence-corrected chi connectivity index (χ4v) is 2.64. The van der Waals surface area contributed by atoms with E-state index in [1.807, 2.05) is 0 Å². The maximum atomic E-state index is 12.7. The first kappa shape index (κ1) is 16.1. The molecule has 1 aliphatic heterocycles. The number of ether oxygens (including phenoxy) is 1. The van der Waals surface area contributed by atoms with Crippen LogP contribution < -0.4 is 4.74 Å². The summed E-state index contributed by atoms with van der Waals surface area (Å²) in [5.74, 6) is -3.04. The highest BCUT2D eigenvalue weighted by molar-refractivity contribution is 5.88. The van der Waals surface area contributed by atoms with Crippen molar-refractivity contribution in [2.45, 2.75) is 31.1 Å². The molecule has 22 heavy (non-hydrogen) atoms. The van der Waals surface area contributed by atoms with Gasteiger partial charge in [0.1, 0.15) is 11.8 Å². The van der Waals surface area contributed by atoms with Crippen molar-refractivity contribution in [3.8, 4) is 5.75 Å². The van der Waals surface area contributed by atoms with Crippen molar-refractivity contribution < 1.29 is 32.6 Å². The molecular weight excluding hydrogens is 303 g/mol. The number of carbonyl (C=O) groups is 2. The lowest BCUT2D eigenvalue weighted by molar-refractivity contribution is -0.190. The minimum Gasteiger partial charge on any atom is -0.497 e. The van der Waals surface area contributed by atoms with Gasteiger partial charge in [0.05, 0.1) is 13.2 Å². The summed E-state index contributed by atoms with van der Waals surface area (Å²) in [5.41, 5.74) is 0.446. The first-order valence-corrected chi connectivity index (χ1v) is 6.52. The van der Waals surface area contributed by atoms with E-state index >= 15 is 0 Å². The molecule has 5 nitrogen and oxygen atoms in total. The Morgan fingerprint density at radius 1 is 1.23 bits per heavy atom. The predicted molar refractivity (Wildman–Crippen MR) is 69.3 cm³/mol. The van der Waals surface area contributed by atoms with E-state index < -0.39 is 30.1 Å². The number of benzene rings is 1. The highest BCUT2D eigenvalue weighted by atomic mass is 19.4. The summed E-state index contributed by atoms with van der Waals surface area (Å²) >= 11 is 0. The zero-order valence-corrected chi connectivity index (χ0v) is 11.6. The van der Waals surface area contributed by atoms with E-state index in [0.717, 1.165) is 0 Å². The number of aliphatic carboxylic acids is 1. The zero-order chi connectivity index (χ0) is 16.5. The van der Waals surface area contributed by atoms with E-state index in [-0.39, 0.29) is 12.8 Å². The quantitative estimate of drug-likeness (QED) is 0.929. The van der Waals surface area contributed by atoms with Crippen LogP contribution in [0.3, 0.4) is 0 Å². The highest BCUT2D eigenvalue weighted by Gasteiger charge is 2.51. The molecule has 2 rings (SSSR count). The van der Waals surface area contributed by atoms with Crippen molar-refractivity contribution in [3.63, 3.8) is 0 Å². The molecule has 2 atom stereocenters. The lowest BCUT2D eigenvalue weighted by Crippen LogP contribution is -2.47. The van der Waals surface area contributed by atoms with E-state index in [0.29, 0.717) is 16.2 Å².